The minimum absolute atomic E-state index is 0.198. The Hall–Kier alpha value is -0.820. The van der Waals surface area contributed by atoms with E-state index in [1.807, 2.05) is 0 Å². The number of alkyl halides is 3. The van der Waals surface area contributed by atoms with Crippen molar-refractivity contribution in [3.8, 4) is 0 Å². The molecule has 112 valence electrons. The van der Waals surface area contributed by atoms with Crippen molar-refractivity contribution in [3.05, 3.63) is 0 Å². The Morgan fingerprint density at radius 2 is 2.00 bits per heavy atom. The lowest BCUT2D eigenvalue weighted by molar-refractivity contribution is -0.159. The van der Waals surface area contributed by atoms with Crippen LogP contribution in [0.2, 0.25) is 0 Å². The molecule has 1 rings (SSSR count). The number of likely N-dealkylation sites (tertiary alicyclic amines) is 1. The maximum absolute atomic E-state index is 12.8. The Balaban J connectivity index is 2.57. The van der Waals surface area contributed by atoms with E-state index in [9.17, 15) is 13.2 Å². The predicted molar refractivity (Wildman–Crippen MR) is 69.2 cm³/mol. The summed E-state index contributed by atoms with van der Waals surface area (Å²) in [4.78, 5) is 4.03. The first-order valence-corrected chi connectivity index (χ1v) is 6.66. The number of nitrogens with two attached hydrogens (primary N) is 1. The molecule has 0 aromatic rings. The molecular weight excluding hydrogens is 257 g/mol. The van der Waals surface area contributed by atoms with Crippen LogP contribution in [0.1, 0.15) is 20.3 Å². The zero-order valence-corrected chi connectivity index (χ0v) is 11.5. The lowest BCUT2D eigenvalue weighted by Gasteiger charge is -2.28. The molecule has 0 aromatic heterocycles. The molecule has 0 bridgehead atoms. The Morgan fingerprint density at radius 3 is 2.42 bits per heavy atom. The third-order valence-electron chi connectivity index (χ3n) is 3.79. The van der Waals surface area contributed by atoms with Gasteiger partial charge in [0.1, 0.15) is 11.8 Å². The number of likely N-dealkylation sites (N-methyl/N-ethyl adjacent to an activating group) is 1. The van der Waals surface area contributed by atoms with E-state index < -0.39 is 17.9 Å². The topological polar surface area (TPSA) is 56.4 Å². The quantitative estimate of drug-likeness (QED) is 0.573. The Morgan fingerprint density at radius 1 is 1.42 bits per heavy atom. The molecule has 0 aromatic carbocycles. The van der Waals surface area contributed by atoms with Crippen LogP contribution >= 0.6 is 0 Å². The molecule has 1 fully saturated rings. The van der Waals surface area contributed by atoms with E-state index in [4.69, 9.17) is 11.1 Å². The molecule has 4 nitrogen and oxygen atoms in total. The Labute approximate surface area is 112 Å². The van der Waals surface area contributed by atoms with Crippen LogP contribution in [0.5, 0.6) is 0 Å². The molecule has 0 spiro atoms. The minimum atomic E-state index is -4.43. The molecular formula is C12H23F3N4. The van der Waals surface area contributed by atoms with Gasteiger partial charge in [0.05, 0.1) is 0 Å². The van der Waals surface area contributed by atoms with Crippen LogP contribution in [0.15, 0.2) is 0 Å². The fourth-order valence-electron chi connectivity index (χ4n) is 2.65. The third-order valence-corrected chi connectivity index (χ3v) is 3.79. The van der Waals surface area contributed by atoms with Crippen molar-refractivity contribution >= 4 is 5.84 Å². The average Bonchev–Trinajstić information content (AvgIpc) is 2.74. The second-order valence-corrected chi connectivity index (χ2v) is 4.97. The highest BCUT2D eigenvalue weighted by molar-refractivity contribution is 5.80. The van der Waals surface area contributed by atoms with Crippen LogP contribution < -0.4 is 5.73 Å². The highest BCUT2D eigenvalue weighted by Crippen LogP contribution is 2.28. The number of nitrogens with zero attached hydrogens (tertiary/aromatic N) is 2. The monoisotopic (exact) mass is 280 g/mol. The number of nitrogens with one attached hydrogen (secondary N) is 1. The van der Waals surface area contributed by atoms with Gasteiger partial charge < -0.3 is 10.6 Å². The fraction of sp³-hybridized carbons (Fsp3) is 0.917. The fourth-order valence-corrected chi connectivity index (χ4v) is 2.65. The first-order valence-electron chi connectivity index (χ1n) is 6.66. The van der Waals surface area contributed by atoms with Gasteiger partial charge in [-0.1, -0.05) is 13.8 Å². The molecule has 2 atom stereocenters. The van der Waals surface area contributed by atoms with Crippen LogP contribution in [0.3, 0.4) is 0 Å². The molecule has 1 aliphatic heterocycles. The average molecular weight is 280 g/mol. The Kier molecular flexibility index (Phi) is 5.61. The van der Waals surface area contributed by atoms with Crippen molar-refractivity contribution in [1.82, 2.24) is 9.80 Å². The maximum Gasteiger partial charge on any atom is 0.399 e. The number of hydrogen-bond donors (Lipinski definition) is 2. The summed E-state index contributed by atoms with van der Waals surface area (Å²) in [6, 6.07) is 0.316. The van der Waals surface area contributed by atoms with Gasteiger partial charge in [-0.15, -0.1) is 0 Å². The van der Waals surface area contributed by atoms with Gasteiger partial charge in [-0.3, -0.25) is 10.3 Å². The van der Waals surface area contributed by atoms with E-state index in [1.54, 1.807) is 4.90 Å². The lowest BCUT2D eigenvalue weighted by atomic mass is 10.1. The van der Waals surface area contributed by atoms with Gasteiger partial charge in [-0.2, -0.15) is 13.2 Å². The molecule has 1 saturated heterocycles. The maximum atomic E-state index is 12.8. The second kappa shape index (κ2) is 6.56. The summed E-state index contributed by atoms with van der Waals surface area (Å²) in [6.07, 6.45) is -3.55. The highest BCUT2D eigenvalue weighted by Gasteiger charge is 2.43. The first-order chi connectivity index (χ1) is 8.79. The number of rotatable bonds is 6. The third kappa shape index (κ3) is 4.35. The molecule has 19 heavy (non-hydrogen) atoms. The zero-order valence-electron chi connectivity index (χ0n) is 11.5. The summed E-state index contributed by atoms with van der Waals surface area (Å²) in [5.74, 6) is -2.64. The van der Waals surface area contributed by atoms with Crippen molar-refractivity contribution < 1.29 is 13.2 Å². The van der Waals surface area contributed by atoms with Crippen LogP contribution in [0.25, 0.3) is 0 Å². The molecule has 2 unspecified atom stereocenters. The highest BCUT2D eigenvalue weighted by atomic mass is 19.4. The Bertz CT molecular complexity index is 302. The second-order valence-electron chi connectivity index (χ2n) is 4.97. The molecule has 3 N–H and O–H groups in total. The van der Waals surface area contributed by atoms with Crippen molar-refractivity contribution in [2.45, 2.75) is 32.5 Å². The normalized spacial score (nSPS) is 22.9. The van der Waals surface area contributed by atoms with Crippen LogP contribution in [-0.2, 0) is 0 Å². The van der Waals surface area contributed by atoms with Crippen molar-refractivity contribution in [2.24, 2.45) is 11.7 Å². The van der Waals surface area contributed by atoms with E-state index in [-0.39, 0.29) is 6.54 Å². The van der Waals surface area contributed by atoms with Crippen LogP contribution in [0.4, 0.5) is 13.2 Å². The molecule has 1 aliphatic rings. The minimum Gasteiger partial charge on any atom is -0.387 e. The number of amidine groups is 1. The van der Waals surface area contributed by atoms with Gasteiger partial charge in [0, 0.05) is 19.1 Å². The van der Waals surface area contributed by atoms with Gasteiger partial charge in [0.25, 0.3) is 0 Å². The summed E-state index contributed by atoms with van der Waals surface area (Å²) >= 11 is 0. The summed E-state index contributed by atoms with van der Waals surface area (Å²) in [7, 11) is 0. The molecule has 7 heteroatoms. The standard InChI is InChI=1S/C12H23F3N4/c1-3-19(4-2)9-5-6-18(7-9)8-10(11(16)17)12(13,14)15/h9-10H,3-8H2,1-2H3,(H3,16,17). The van der Waals surface area contributed by atoms with Gasteiger partial charge in [-0.05, 0) is 26.1 Å². The van der Waals surface area contributed by atoms with Gasteiger partial charge in [0.15, 0.2) is 0 Å². The largest absolute Gasteiger partial charge is 0.399 e. The molecule has 0 radical (unpaired) electrons. The van der Waals surface area contributed by atoms with Gasteiger partial charge in [0.2, 0.25) is 0 Å². The molecule has 0 saturated carbocycles. The van der Waals surface area contributed by atoms with Crippen molar-refractivity contribution in [1.29, 1.82) is 5.41 Å². The van der Waals surface area contributed by atoms with Gasteiger partial charge >= 0.3 is 6.18 Å². The zero-order chi connectivity index (χ0) is 14.6. The van der Waals surface area contributed by atoms with E-state index in [1.165, 1.54) is 0 Å². The van der Waals surface area contributed by atoms with Gasteiger partial charge in [-0.25, -0.2) is 0 Å². The molecule has 1 heterocycles. The van der Waals surface area contributed by atoms with Crippen LogP contribution in [-0.4, -0.2) is 60.6 Å². The van der Waals surface area contributed by atoms with Crippen molar-refractivity contribution in [2.75, 3.05) is 32.7 Å². The summed E-state index contributed by atoms with van der Waals surface area (Å²) < 4.78 is 38.3. The van der Waals surface area contributed by atoms with E-state index >= 15 is 0 Å². The first kappa shape index (κ1) is 16.2. The number of halogens is 3. The summed E-state index contributed by atoms with van der Waals surface area (Å²) in [5.41, 5.74) is 5.07. The van der Waals surface area contributed by atoms with E-state index in [0.29, 0.717) is 19.1 Å². The van der Waals surface area contributed by atoms with Crippen molar-refractivity contribution in [3.63, 3.8) is 0 Å². The molecule has 0 aliphatic carbocycles. The smallest absolute Gasteiger partial charge is 0.387 e. The lowest BCUT2D eigenvalue weighted by Crippen LogP contribution is -2.44. The SMILES string of the molecule is CCN(CC)C1CCN(CC(C(=N)N)C(F)(F)F)C1. The van der Waals surface area contributed by atoms with E-state index in [2.05, 4.69) is 18.7 Å². The predicted octanol–water partition coefficient (Wildman–Crippen LogP) is 1.52. The summed E-state index contributed by atoms with van der Waals surface area (Å²) in [6.45, 7) is 6.99. The van der Waals surface area contributed by atoms with Crippen LogP contribution in [0, 0.1) is 11.3 Å². The number of hydrogen-bond acceptors (Lipinski definition) is 3. The molecule has 0 amide bonds. The van der Waals surface area contributed by atoms with E-state index in [0.717, 1.165) is 19.5 Å². The summed E-state index contributed by atoms with van der Waals surface area (Å²) in [5, 5.41) is 7.10.